The number of hydrogen-bond acceptors (Lipinski definition) is 2. The summed E-state index contributed by atoms with van der Waals surface area (Å²) in [6.07, 6.45) is 4.97. The fourth-order valence-corrected chi connectivity index (χ4v) is 2.15. The summed E-state index contributed by atoms with van der Waals surface area (Å²) >= 11 is 0. The lowest BCUT2D eigenvalue weighted by Crippen LogP contribution is -2.31. The van der Waals surface area contributed by atoms with Crippen LogP contribution < -0.4 is 0 Å². The average molecular weight is 180 g/mol. The smallest absolute Gasteiger partial charge is 0.0842 e. The molecular weight excluding hydrogens is 164 g/mol. The van der Waals surface area contributed by atoms with Crippen LogP contribution >= 0.6 is 0 Å². The van der Waals surface area contributed by atoms with Crippen molar-refractivity contribution in [3.05, 3.63) is 18.0 Å². The van der Waals surface area contributed by atoms with Crippen LogP contribution in [0.5, 0.6) is 0 Å². The number of rotatable bonds is 1. The van der Waals surface area contributed by atoms with Crippen molar-refractivity contribution in [2.45, 2.75) is 44.8 Å². The summed E-state index contributed by atoms with van der Waals surface area (Å²) in [5.41, 5.74) is 0.445. The molecule has 0 saturated heterocycles. The molecule has 2 unspecified atom stereocenters. The molecule has 0 aromatic carbocycles. The van der Waals surface area contributed by atoms with Gasteiger partial charge in [0.25, 0.3) is 0 Å². The first kappa shape index (κ1) is 8.75. The predicted octanol–water partition coefficient (Wildman–Crippen LogP) is 1.67. The van der Waals surface area contributed by atoms with Crippen LogP contribution in [0.15, 0.2) is 12.3 Å². The van der Waals surface area contributed by atoms with Crippen LogP contribution in [-0.4, -0.2) is 20.5 Å². The highest BCUT2D eigenvalue weighted by Crippen LogP contribution is 2.38. The highest BCUT2D eigenvalue weighted by Gasteiger charge is 2.38. The van der Waals surface area contributed by atoms with Crippen LogP contribution in [-0.2, 0) is 0 Å². The van der Waals surface area contributed by atoms with E-state index in [4.69, 9.17) is 0 Å². The van der Waals surface area contributed by atoms with E-state index in [2.05, 4.69) is 5.10 Å². The monoisotopic (exact) mass is 180 g/mol. The molecule has 1 aliphatic carbocycles. The molecule has 0 amide bonds. The Morgan fingerprint density at radius 1 is 1.69 bits per heavy atom. The topological polar surface area (TPSA) is 38.0 Å². The van der Waals surface area contributed by atoms with Crippen LogP contribution in [0, 0.1) is 6.92 Å². The minimum Gasteiger partial charge on any atom is -0.388 e. The molecule has 72 valence electrons. The van der Waals surface area contributed by atoms with E-state index in [0.717, 1.165) is 25.0 Å². The second-order valence-corrected chi connectivity index (χ2v) is 4.20. The van der Waals surface area contributed by atoms with Gasteiger partial charge in [0.2, 0.25) is 0 Å². The zero-order chi connectivity index (χ0) is 9.47. The van der Waals surface area contributed by atoms with Gasteiger partial charge in [0, 0.05) is 6.20 Å². The lowest BCUT2D eigenvalue weighted by Gasteiger charge is -2.25. The van der Waals surface area contributed by atoms with Crippen molar-refractivity contribution in [3.63, 3.8) is 0 Å². The van der Waals surface area contributed by atoms with E-state index in [1.807, 2.05) is 30.8 Å². The normalized spacial score (nSPS) is 33.9. The molecule has 2 rings (SSSR count). The third kappa shape index (κ3) is 1.48. The average Bonchev–Trinajstić information content (AvgIpc) is 2.56. The molecule has 0 spiro atoms. The van der Waals surface area contributed by atoms with Gasteiger partial charge in [0.1, 0.15) is 0 Å². The number of aliphatic hydroxyl groups is 1. The van der Waals surface area contributed by atoms with Crippen LogP contribution in [0.2, 0.25) is 0 Å². The molecule has 1 aromatic rings. The van der Waals surface area contributed by atoms with Crippen LogP contribution in [0.1, 0.15) is 37.9 Å². The maximum absolute atomic E-state index is 10.1. The van der Waals surface area contributed by atoms with Gasteiger partial charge in [-0.25, -0.2) is 0 Å². The van der Waals surface area contributed by atoms with Crippen molar-refractivity contribution in [2.75, 3.05) is 0 Å². The lowest BCUT2D eigenvalue weighted by atomic mass is 10.0. The molecule has 3 nitrogen and oxygen atoms in total. The zero-order valence-electron chi connectivity index (χ0n) is 8.20. The van der Waals surface area contributed by atoms with Crippen molar-refractivity contribution in [3.8, 4) is 0 Å². The molecular formula is C10H16N2O. The van der Waals surface area contributed by atoms with E-state index >= 15 is 0 Å². The third-order valence-corrected chi connectivity index (χ3v) is 2.94. The maximum Gasteiger partial charge on any atom is 0.0842 e. The molecule has 2 atom stereocenters. The van der Waals surface area contributed by atoms with Gasteiger partial charge in [-0.3, -0.25) is 4.68 Å². The van der Waals surface area contributed by atoms with E-state index in [9.17, 15) is 5.11 Å². The molecule has 13 heavy (non-hydrogen) atoms. The Labute approximate surface area is 78.4 Å². The minimum atomic E-state index is -0.571. The number of hydrogen-bond donors (Lipinski definition) is 1. The largest absolute Gasteiger partial charge is 0.388 e. The second-order valence-electron chi connectivity index (χ2n) is 4.20. The van der Waals surface area contributed by atoms with Crippen molar-refractivity contribution in [2.24, 2.45) is 0 Å². The Hall–Kier alpha value is -0.830. The quantitative estimate of drug-likeness (QED) is 0.713. The SMILES string of the molecule is Cc1ccn(C2CCCC2(C)O)n1. The molecule has 1 N–H and O–H groups in total. The first-order valence-electron chi connectivity index (χ1n) is 4.84. The standard InChI is InChI=1S/C10H16N2O/c1-8-5-7-12(11-8)9-4-3-6-10(9,2)13/h5,7,9,13H,3-4,6H2,1-2H3. The minimum absolute atomic E-state index is 0.168. The van der Waals surface area contributed by atoms with Gasteiger partial charge in [-0.05, 0) is 39.2 Å². The Balaban J connectivity index is 2.26. The summed E-state index contributed by atoms with van der Waals surface area (Å²) in [6.45, 7) is 3.88. The predicted molar refractivity (Wildman–Crippen MR) is 50.5 cm³/mol. The van der Waals surface area contributed by atoms with Gasteiger partial charge in [0.05, 0.1) is 17.3 Å². The van der Waals surface area contributed by atoms with Crippen LogP contribution in [0.25, 0.3) is 0 Å². The van der Waals surface area contributed by atoms with Gasteiger partial charge in [0.15, 0.2) is 0 Å². The Morgan fingerprint density at radius 2 is 2.46 bits per heavy atom. The molecule has 0 bridgehead atoms. The van der Waals surface area contributed by atoms with E-state index in [0.29, 0.717) is 0 Å². The third-order valence-electron chi connectivity index (χ3n) is 2.94. The Kier molecular flexibility index (Phi) is 1.91. The van der Waals surface area contributed by atoms with Gasteiger partial charge in [-0.2, -0.15) is 5.10 Å². The fourth-order valence-electron chi connectivity index (χ4n) is 2.15. The van der Waals surface area contributed by atoms with Gasteiger partial charge in [-0.15, -0.1) is 0 Å². The molecule has 1 heterocycles. The lowest BCUT2D eigenvalue weighted by molar-refractivity contribution is 0.0221. The first-order valence-corrected chi connectivity index (χ1v) is 4.84. The summed E-state index contributed by atoms with van der Waals surface area (Å²) in [5.74, 6) is 0. The molecule has 1 fully saturated rings. The number of nitrogens with zero attached hydrogens (tertiary/aromatic N) is 2. The van der Waals surface area contributed by atoms with Crippen molar-refractivity contribution in [1.82, 2.24) is 9.78 Å². The summed E-state index contributed by atoms with van der Waals surface area (Å²) in [7, 11) is 0. The molecule has 0 aliphatic heterocycles. The number of aromatic nitrogens is 2. The van der Waals surface area contributed by atoms with E-state index in [1.165, 1.54) is 0 Å². The van der Waals surface area contributed by atoms with Gasteiger partial charge < -0.3 is 5.11 Å². The molecule has 1 aromatic heterocycles. The summed E-state index contributed by atoms with van der Waals surface area (Å²) in [5, 5.41) is 14.4. The number of aryl methyl sites for hydroxylation is 1. The van der Waals surface area contributed by atoms with Crippen molar-refractivity contribution < 1.29 is 5.11 Å². The zero-order valence-corrected chi connectivity index (χ0v) is 8.20. The second kappa shape index (κ2) is 2.84. The highest BCUT2D eigenvalue weighted by molar-refractivity contribution is 5.00. The van der Waals surface area contributed by atoms with Crippen molar-refractivity contribution in [1.29, 1.82) is 0 Å². The van der Waals surface area contributed by atoms with Gasteiger partial charge >= 0.3 is 0 Å². The molecule has 1 aliphatic rings. The summed E-state index contributed by atoms with van der Waals surface area (Å²) in [4.78, 5) is 0. The Morgan fingerprint density at radius 3 is 2.92 bits per heavy atom. The molecule has 0 radical (unpaired) electrons. The van der Waals surface area contributed by atoms with Gasteiger partial charge in [-0.1, -0.05) is 0 Å². The van der Waals surface area contributed by atoms with E-state index in [1.54, 1.807) is 0 Å². The highest BCUT2D eigenvalue weighted by atomic mass is 16.3. The fraction of sp³-hybridized carbons (Fsp3) is 0.700. The summed E-state index contributed by atoms with van der Waals surface area (Å²) in [6, 6.07) is 2.15. The van der Waals surface area contributed by atoms with E-state index < -0.39 is 5.60 Å². The van der Waals surface area contributed by atoms with Crippen LogP contribution in [0.4, 0.5) is 0 Å². The Bertz CT molecular complexity index is 304. The van der Waals surface area contributed by atoms with Crippen molar-refractivity contribution >= 4 is 0 Å². The first-order chi connectivity index (χ1) is 6.09. The molecule has 1 saturated carbocycles. The summed E-state index contributed by atoms with van der Waals surface area (Å²) < 4.78 is 1.91. The maximum atomic E-state index is 10.1. The van der Waals surface area contributed by atoms with E-state index in [-0.39, 0.29) is 6.04 Å². The molecule has 3 heteroatoms. The van der Waals surface area contributed by atoms with Crippen LogP contribution in [0.3, 0.4) is 0 Å².